The maximum Gasteiger partial charge on any atom is 0.160 e. The zero-order valence-electron chi connectivity index (χ0n) is 10.9. The summed E-state index contributed by atoms with van der Waals surface area (Å²) < 4.78 is 6.61. The monoisotopic (exact) mass is 318 g/mol. The van der Waals surface area contributed by atoms with Crippen LogP contribution >= 0.6 is 15.9 Å². The number of hydrogen-bond acceptors (Lipinski definition) is 2. The average molecular weight is 319 g/mol. The largest absolute Gasteiger partial charge is 0.489 e. The topological polar surface area (TPSA) is 26.3 Å². The number of rotatable bonds is 4. The van der Waals surface area contributed by atoms with Crippen molar-refractivity contribution in [2.75, 3.05) is 0 Å². The Morgan fingerprint density at radius 1 is 1.16 bits per heavy atom. The van der Waals surface area contributed by atoms with Gasteiger partial charge in [0, 0.05) is 15.6 Å². The molecule has 0 aliphatic rings. The third-order valence-electron chi connectivity index (χ3n) is 2.95. The fourth-order valence-electron chi connectivity index (χ4n) is 1.83. The van der Waals surface area contributed by atoms with Crippen LogP contribution in [0.5, 0.6) is 5.75 Å². The van der Waals surface area contributed by atoms with Gasteiger partial charge in [-0.05, 0) is 47.5 Å². The lowest BCUT2D eigenvalue weighted by molar-refractivity contribution is 0.101. The highest BCUT2D eigenvalue weighted by molar-refractivity contribution is 9.10. The minimum Gasteiger partial charge on any atom is -0.489 e. The molecule has 2 rings (SSSR count). The quantitative estimate of drug-likeness (QED) is 0.774. The molecule has 0 aliphatic carbocycles. The van der Waals surface area contributed by atoms with Gasteiger partial charge in [0.25, 0.3) is 0 Å². The van der Waals surface area contributed by atoms with Crippen LogP contribution in [-0.4, -0.2) is 5.78 Å². The SMILES string of the molecule is CC(=O)c1ccc(OCc2ccccc2)c(C)c1Br. The molecular weight excluding hydrogens is 304 g/mol. The lowest BCUT2D eigenvalue weighted by Gasteiger charge is -2.12. The molecule has 0 bridgehead atoms. The van der Waals surface area contributed by atoms with E-state index in [1.165, 1.54) is 0 Å². The van der Waals surface area contributed by atoms with Crippen LogP contribution in [0.2, 0.25) is 0 Å². The molecular formula is C16H15BrO2. The molecule has 2 nitrogen and oxygen atoms in total. The highest BCUT2D eigenvalue weighted by atomic mass is 79.9. The van der Waals surface area contributed by atoms with E-state index >= 15 is 0 Å². The van der Waals surface area contributed by atoms with Crippen molar-refractivity contribution < 1.29 is 9.53 Å². The molecule has 0 N–H and O–H groups in total. The zero-order valence-corrected chi connectivity index (χ0v) is 12.5. The standard InChI is InChI=1S/C16H15BrO2/c1-11-15(9-8-14(12(2)18)16(11)17)19-10-13-6-4-3-5-7-13/h3-9H,10H2,1-2H3. The van der Waals surface area contributed by atoms with Crippen LogP contribution < -0.4 is 4.74 Å². The van der Waals surface area contributed by atoms with Crippen LogP contribution in [0.25, 0.3) is 0 Å². The fourth-order valence-corrected chi connectivity index (χ4v) is 2.44. The summed E-state index contributed by atoms with van der Waals surface area (Å²) in [5.74, 6) is 0.838. The maximum atomic E-state index is 11.4. The number of ketones is 1. The zero-order chi connectivity index (χ0) is 13.8. The van der Waals surface area contributed by atoms with Gasteiger partial charge >= 0.3 is 0 Å². The van der Waals surface area contributed by atoms with Gasteiger partial charge in [0.2, 0.25) is 0 Å². The van der Waals surface area contributed by atoms with E-state index in [2.05, 4.69) is 15.9 Å². The number of Topliss-reactive ketones (excluding diaryl/α,β-unsaturated/α-hetero) is 1. The van der Waals surface area contributed by atoms with Gasteiger partial charge < -0.3 is 4.74 Å². The van der Waals surface area contributed by atoms with Gasteiger partial charge in [-0.2, -0.15) is 0 Å². The maximum absolute atomic E-state index is 11.4. The van der Waals surface area contributed by atoms with E-state index in [0.29, 0.717) is 12.2 Å². The van der Waals surface area contributed by atoms with Crippen LogP contribution in [0.3, 0.4) is 0 Å². The molecule has 0 heterocycles. The summed E-state index contributed by atoms with van der Waals surface area (Å²) in [4.78, 5) is 11.4. The smallest absolute Gasteiger partial charge is 0.160 e. The Hall–Kier alpha value is -1.61. The van der Waals surface area contributed by atoms with Crippen LogP contribution in [0.4, 0.5) is 0 Å². The summed E-state index contributed by atoms with van der Waals surface area (Å²) in [7, 11) is 0. The van der Waals surface area contributed by atoms with E-state index in [-0.39, 0.29) is 5.78 Å². The third-order valence-corrected chi connectivity index (χ3v) is 3.98. The Morgan fingerprint density at radius 3 is 2.47 bits per heavy atom. The van der Waals surface area contributed by atoms with E-state index < -0.39 is 0 Å². The van der Waals surface area contributed by atoms with Gasteiger partial charge in [-0.3, -0.25) is 4.79 Å². The Balaban J connectivity index is 2.18. The fraction of sp³-hybridized carbons (Fsp3) is 0.188. The van der Waals surface area contributed by atoms with Gasteiger partial charge in [0.05, 0.1) is 0 Å². The van der Waals surface area contributed by atoms with Crippen molar-refractivity contribution in [2.45, 2.75) is 20.5 Å². The summed E-state index contributed by atoms with van der Waals surface area (Å²) in [6, 6.07) is 13.6. The molecule has 0 spiro atoms. The highest BCUT2D eigenvalue weighted by Gasteiger charge is 2.11. The molecule has 0 saturated carbocycles. The number of benzene rings is 2. The summed E-state index contributed by atoms with van der Waals surface area (Å²) >= 11 is 3.46. The second kappa shape index (κ2) is 6.02. The molecule has 0 amide bonds. The second-order valence-corrected chi connectivity index (χ2v) is 5.17. The van der Waals surface area contributed by atoms with Crippen molar-refractivity contribution in [3.05, 3.63) is 63.6 Å². The minimum absolute atomic E-state index is 0.0459. The minimum atomic E-state index is 0.0459. The molecule has 3 heteroatoms. The molecule has 98 valence electrons. The summed E-state index contributed by atoms with van der Waals surface area (Å²) in [5, 5.41) is 0. The molecule has 0 aliphatic heterocycles. The first kappa shape index (κ1) is 13.8. The van der Waals surface area contributed by atoms with Gasteiger partial charge in [-0.25, -0.2) is 0 Å². The van der Waals surface area contributed by atoms with Crippen molar-refractivity contribution in [1.29, 1.82) is 0 Å². The van der Waals surface area contributed by atoms with Crippen molar-refractivity contribution in [2.24, 2.45) is 0 Å². The van der Waals surface area contributed by atoms with E-state index in [4.69, 9.17) is 4.74 Å². The number of ether oxygens (including phenoxy) is 1. The lowest BCUT2D eigenvalue weighted by Crippen LogP contribution is -2.00. The Bertz CT molecular complexity index is 591. The Kier molecular flexibility index (Phi) is 4.38. The summed E-state index contributed by atoms with van der Waals surface area (Å²) in [5.41, 5.74) is 2.75. The van der Waals surface area contributed by atoms with Crippen molar-refractivity contribution >= 4 is 21.7 Å². The van der Waals surface area contributed by atoms with Crippen molar-refractivity contribution in [3.8, 4) is 5.75 Å². The van der Waals surface area contributed by atoms with E-state index in [0.717, 1.165) is 21.3 Å². The predicted molar refractivity (Wildman–Crippen MR) is 79.7 cm³/mol. The molecule has 0 aromatic heterocycles. The first-order valence-electron chi connectivity index (χ1n) is 6.06. The normalized spacial score (nSPS) is 10.3. The number of hydrogen-bond donors (Lipinski definition) is 0. The first-order chi connectivity index (χ1) is 9.09. The summed E-state index contributed by atoms with van der Waals surface area (Å²) in [6.45, 7) is 4.02. The molecule has 0 fully saturated rings. The number of carbonyl (C=O) groups is 1. The molecule has 0 unspecified atom stereocenters. The first-order valence-corrected chi connectivity index (χ1v) is 6.85. The molecule has 0 radical (unpaired) electrons. The highest BCUT2D eigenvalue weighted by Crippen LogP contribution is 2.30. The molecule has 19 heavy (non-hydrogen) atoms. The number of halogens is 1. The average Bonchev–Trinajstić information content (AvgIpc) is 2.41. The van der Waals surface area contributed by atoms with Crippen LogP contribution in [0.1, 0.15) is 28.4 Å². The van der Waals surface area contributed by atoms with Gasteiger partial charge in [-0.15, -0.1) is 0 Å². The van der Waals surface area contributed by atoms with Gasteiger partial charge in [0.15, 0.2) is 5.78 Å². The van der Waals surface area contributed by atoms with Crippen LogP contribution in [0, 0.1) is 6.92 Å². The molecule has 2 aromatic rings. The number of carbonyl (C=O) groups excluding carboxylic acids is 1. The third kappa shape index (κ3) is 3.24. The van der Waals surface area contributed by atoms with E-state index in [9.17, 15) is 4.79 Å². The van der Waals surface area contributed by atoms with Gasteiger partial charge in [-0.1, -0.05) is 30.3 Å². The van der Waals surface area contributed by atoms with Crippen LogP contribution in [-0.2, 0) is 6.61 Å². The van der Waals surface area contributed by atoms with Crippen LogP contribution in [0.15, 0.2) is 46.9 Å². The predicted octanol–water partition coefficient (Wildman–Crippen LogP) is 4.54. The van der Waals surface area contributed by atoms with Crippen molar-refractivity contribution in [1.82, 2.24) is 0 Å². The summed E-state index contributed by atoms with van der Waals surface area (Å²) in [6.07, 6.45) is 0. The lowest BCUT2D eigenvalue weighted by atomic mass is 10.1. The van der Waals surface area contributed by atoms with E-state index in [1.807, 2.05) is 43.3 Å². The molecule has 0 atom stereocenters. The van der Waals surface area contributed by atoms with Gasteiger partial charge in [0.1, 0.15) is 12.4 Å². The molecule has 2 aromatic carbocycles. The van der Waals surface area contributed by atoms with E-state index in [1.54, 1.807) is 13.0 Å². The second-order valence-electron chi connectivity index (χ2n) is 4.38. The Labute approximate surface area is 121 Å². The Morgan fingerprint density at radius 2 is 1.84 bits per heavy atom. The van der Waals surface area contributed by atoms with Crippen molar-refractivity contribution in [3.63, 3.8) is 0 Å². The molecule has 0 saturated heterocycles.